The van der Waals surface area contributed by atoms with Crippen LogP contribution in [0.4, 0.5) is 0 Å². The third kappa shape index (κ3) is 2.91. The minimum Gasteiger partial charge on any atom is -0.481 e. The van der Waals surface area contributed by atoms with E-state index in [1.165, 1.54) is 5.56 Å². The van der Waals surface area contributed by atoms with Gasteiger partial charge in [-0.2, -0.15) is 0 Å². The first-order valence-electron chi connectivity index (χ1n) is 6.73. The van der Waals surface area contributed by atoms with Crippen molar-refractivity contribution in [2.45, 2.75) is 38.8 Å². The van der Waals surface area contributed by atoms with Gasteiger partial charge in [0.1, 0.15) is 0 Å². The van der Waals surface area contributed by atoms with Gasteiger partial charge >= 0.3 is 5.97 Å². The monoisotopic (exact) mass is 247 g/mol. The molecule has 1 saturated carbocycles. The van der Waals surface area contributed by atoms with Crippen LogP contribution in [0.5, 0.6) is 0 Å². The van der Waals surface area contributed by atoms with Gasteiger partial charge in [-0.25, -0.2) is 0 Å². The van der Waals surface area contributed by atoms with Crippen LogP contribution in [0, 0.1) is 5.92 Å². The van der Waals surface area contributed by atoms with Crippen LogP contribution in [-0.2, 0) is 11.3 Å². The molecule has 2 unspecified atom stereocenters. The Hall–Kier alpha value is -1.35. The Labute approximate surface area is 108 Å². The van der Waals surface area contributed by atoms with Gasteiger partial charge in [0.05, 0.1) is 5.92 Å². The summed E-state index contributed by atoms with van der Waals surface area (Å²) in [5, 5.41) is 9.27. The Morgan fingerprint density at radius 1 is 1.33 bits per heavy atom. The number of rotatable bonds is 5. The van der Waals surface area contributed by atoms with Crippen LogP contribution in [0.3, 0.4) is 0 Å². The maximum Gasteiger partial charge on any atom is 0.308 e. The summed E-state index contributed by atoms with van der Waals surface area (Å²) in [6, 6.07) is 10.5. The van der Waals surface area contributed by atoms with Crippen LogP contribution in [0.15, 0.2) is 30.3 Å². The zero-order valence-corrected chi connectivity index (χ0v) is 10.9. The van der Waals surface area contributed by atoms with E-state index in [-0.39, 0.29) is 12.0 Å². The molecule has 0 aromatic heterocycles. The fraction of sp³-hybridized carbons (Fsp3) is 0.533. The molecule has 1 aromatic carbocycles. The van der Waals surface area contributed by atoms with Crippen LogP contribution in [0.25, 0.3) is 0 Å². The molecule has 0 spiro atoms. The molecular weight excluding hydrogens is 226 g/mol. The molecule has 0 radical (unpaired) electrons. The molecule has 2 atom stereocenters. The molecule has 1 aromatic rings. The second kappa shape index (κ2) is 6.01. The minimum atomic E-state index is -0.635. The van der Waals surface area contributed by atoms with Gasteiger partial charge in [-0.1, -0.05) is 43.7 Å². The largest absolute Gasteiger partial charge is 0.481 e. The Kier molecular flexibility index (Phi) is 4.37. The number of hydrogen-bond acceptors (Lipinski definition) is 2. The fourth-order valence-electron chi connectivity index (χ4n) is 2.95. The van der Waals surface area contributed by atoms with E-state index >= 15 is 0 Å². The highest BCUT2D eigenvalue weighted by Crippen LogP contribution is 2.31. The summed E-state index contributed by atoms with van der Waals surface area (Å²) < 4.78 is 0. The molecule has 18 heavy (non-hydrogen) atoms. The summed E-state index contributed by atoms with van der Waals surface area (Å²) in [7, 11) is 0. The number of carboxylic acids is 1. The summed E-state index contributed by atoms with van der Waals surface area (Å²) in [6.07, 6.45) is 2.87. The van der Waals surface area contributed by atoms with Gasteiger partial charge < -0.3 is 5.11 Å². The maximum atomic E-state index is 11.3. The standard InChI is InChI=1S/C15H21NO2/c1-2-16(11-12-7-4-3-5-8-12)14-10-6-9-13(14)15(17)18/h3-5,7-8,13-14H,2,6,9-11H2,1H3,(H,17,18). The molecule has 1 aliphatic rings. The summed E-state index contributed by atoms with van der Waals surface area (Å²) in [5.41, 5.74) is 1.26. The zero-order chi connectivity index (χ0) is 13.0. The Morgan fingerprint density at radius 3 is 2.67 bits per heavy atom. The molecule has 3 nitrogen and oxygen atoms in total. The quantitative estimate of drug-likeness (QED) is 0.869. The first-order chi connectivity index (χ1) is 8.72. The van der Waals surface area contributed by atoms with Crippen LogP contribution in [-0.4, -0.2) is 28.6 Å². The lowest BCUT2D eigenvalue weighted by molar-refractivity contribution is -0.143. The molecule has 1 N–H and O–H groups in total. The average Bonchev–Trinajstić information content (AvgIpc) is 2.86. The highest BCUT2D eigenvalue weighted by atomic mass is 16.4. The van der Waals surface area contributed by atoms with Crippen LogP contribution >= 0.6 is 0 Å². The van der Waals surface area contributed by atoms with Gasteiger partial charge in [0, 0.05) is 12.6 Å². The van der Waals surface area contributed by atoms with Crippen LogP contribution in [0.2, 0.25) is 0 Å². The smallest absolute Gasteiger partial charge is 0.308 e. The van der Waals surface area contributed by atoms with Gasteiger partial charge in [0.15, 0.2) is 0 Å². The average molecular weight is 247 g/mol. The Bertz CT molecular complexity index is 391. The van der Waals surface area contributed by atoms with E-state index in [1.807, 2.05) is 18.2 Å². The lowest BCUT2D eigenvalue weighted by atomic mass is 10.0. The van der Waals surface area contributed by atoms with E-state index in [4.69, 9.17) is 0 Å². The number of carbonyl (C=O) groups is 1. The van der Waals surface area contributed by atoms with E-state index in [0.717, 1.165) is 32.4 Å². The van der Waals surface area contributed by atoms with Crippen molar-refractivity contribution < 1.29 is 9.90 Å². The van der Waals surface area contributed by atoms with Crippen molar-refractivity contribution in [1.29, 1.82) is 0 Å². The van der Waals surface area contributed by atoms with Gasteiger partial charge in [-0.3, -0.25) is 9.69 Å². The molecule has 1 fully saturated rings. The Balaban J connectivity index is 2.06. The van der Waals surface area contributed by atoms with Gasteiger partial charge in [-0.05, 0) is 24.9 Å². The lowest BCUT2D eigenvalue weighted by Crippen LogP contribution is -2.40. The van der Waals surface area contributed by atoms with Gasteiger partial charge in [-0.15, -0.1) is 0 Å². The number of hydrogen-bond donors (Lipinski definition) is 1. The number of aliphatic carboxylic acids is 1. The lowest BCUT2D eigenvalue weighted by Gasteiger charge is -2.30. The molecule has 1 aliphatic carbocycles. The van der Waals surface area contributed by atoms with Crippen LogP contribution < -0.4 is 0 Å². The number of benzene rings is 1. The van der Waals surface area contributed by atoms with E-state index in [1.54, 1.807) is 0 Å². The molecule has 2 rings (SSSR count). The topological polar surface area (TPSA) is 40.5 Å². The number of nitrogens with zero attached hydrogens (tertiary/aromatic N) is 1. The normalized spacial score (nSPS) is 23.4. The molecule has 0 bridgehead atoms. The van der Waals surface area contributed by atoms with Crippen molar-refractivity contribution in [3.63, 3.8) is 0 Å². The molecule has 0 amide bonds. The Morgan fingerprint density at radius 2 is 2.06 bits per heavy atom. The van der Waals surface area contributed by atoms with E-state index in [9.17, 15) is 9.90 Å². The minimum absolute atomic E-state index is 0.186. The third-order valence-electron chi connectivity index (χ3n) is 3.90. The fourth-order valence-corrected chi connectivity index (χ4v) is 2.95. The molecule has 3 heteroatoms. The second-order valence-electron chi connectivity index (χ2n) is 4.99. The highest BCUT2D eigenvalue weighted by molar-refractivity contribution is 5.71. The summed E-state index contributed by atoms with van der Waals surface area (Å²) in [4.78, 5) is 13.6. The van der Waals surface area contributed by atoms with Crippen LogP contribution in [0.1, 0.15) is 31.7 Å². The number of carboxylic acid groups (broad SMARTS) is 1. The zero-order valence-electron chi connectivity index (χ0n) is 10.9. The van der Waals surface area contributed by atoms with Crippen molar-refractivity contribution in [1.82, 2.24) is 4.90 Å². The maximum absolute atomic E-state index is 11.3. The summed E-state index contributed by atoms with van der Waals surface area (Å²) in [6.45, 7) is 3.87. The molecule has 0 aliphatic heterocycles. The molecule has 0 saturated heterocycles. The van der Waals surface area contributed by atoms with Crippen molar-refractivity contribution in [2.75, 3.05) is 6.54 Å². The van der Waals surface area contributed by atoms with Gasteiger partial charge in [0.2, 0.25) is 0 Å². The van der Waals surface area contributed by atoms with Crippen molar-refractivity contribution in [3.05, 3.63) is 35.9 Å². The highest BCUT2D eigenvalue weighted by Gasteiger charge is 2.36. The third-order valence-corrected chi connectivity index (χ3v) is 3.90. The van der Waals surface area contributed by atoms with E-state index in [0.29, 0.717) is 0 Å². The SMILES string of the molecule is CCN(Cc1ccccc1)C1CCCC1C(=O)O. The first-order valence-corrected chi connectivity index (χ1v) is 6.73. The molecular formula is C15H21NO2. The predicted molar refractivity (Wildman–Crippen MR) is 71.3 cm³/mol. The van der Waals surface area contributed by atoms with Crippen molar-refractivity contribution in [2.24, 2.45) is 5.92 Å². The van der Waals surface area contributed by atoms with Crippen molar-refractivity contribution >= 4 is 5.97 Å². The molecule has 98 valence electrons. The predicted octanol–water partition coefficient (Wildman–Crippen LogP) is 2.76. The van der Waals surface area contributed by atoms with Crippen molar-refractivity contribution in [3.8, 4) is 0 Å². The van der Waals surface area contributed by atoms with E-state index in [2.05, 4.69) is 24.0 Å². The summed E-state index contributed by atoms with van der Waals surface area (Å²) >= 11 is 0. The molecule has 0 heterocycles. The summed E-state index contributed by atoms with van der Waals surface area (Å²) in [5.74, 6) is -0.822. The second-order valence-corrected chi connectivity index (χ2v) is 4.99. The van der Waals surface area contributed by atoms with E-state index < -0.39 is 5.97 Å². The van der Waals surface area contributed by atoms with Gasteiger partial charge in [0.25, 0.3) is 0 Å². The first kappa shape index (κ1) is 13.1.